The maximum absolute atomic E-state index is 12.5. The van der Waals surface area contributed by atoms with Gasteiger partial charge in [-0.1, -0.05) is 18.2 Å². The van der Waals surface area contributed by atoms with E-state index >= 15 is 0 Å². The average Bonchev–Trinajstić information content (AvgIpc) is 3.19. The molecule has 1 aromatic heterocycles. The molecule has 2 heterocycles. The Morgan fingerprint density at radius 3 is 2.74 bits per heavy atom. The summed E-state index contributed by atoms with van der Waals surface area (Å²) in [6, 6.07) is 10.7. The van der Waals surface area contributed by atoms with Gasteiger partial charge >= 0.3 is 0 Å². The molecule has 5 nitrogen and oxygen atoms in total. The lowest BCUT2D eigenvalue weighted by atomic mass is 10.0. The minimum atomic E-state index is -0.0115. The first-order chi connectivity index (χ1) is 11.3. The summed E-state index contributed by atoms with van der Waals surface area (Å²) >= 11 is 0. The average molecular weight is 310 g/mol. The number of aromatic amines is 1. The van der Waals surface area contributed by atoms with Gasteiger partial charge in [-0.3, -0.25) is 9.89 Å². The SMILES string of the molecule is O=C(NC1CCN(c2ccccc2)CC1)c1n[nH]c2c1CCC2. The van der Waals surface area contributed by atoms with Crippen LogP contribution in [0.3, 0.4) is 0 Å². The van der Waals surface area contributed by atoms with Crippen LogP contribution in [0.25, 0.3) is 0 Å². The van der Waals surface area contributed by atoms with Gasteiger partial charge in [0, 0.05) is 36.1 Å². The number of hydrogen-bond acceptors (Lipinski definition) is 3. The van der Waals surface area contributed by atoms with E-state index in [4.69, 9.17) is 0 Å². The number of aryl methyl sites for hydroxylation is 1. The van der Waals surface area contributed by atoms with E-state index in [-0.39, 0.29) is 11.9 Å². The van der Waals surface area contributed by atoms with Gasteiger partial charge in [-0.15, -0.1) is 0 Å². The molecular formula is C18H22N4O. The second-order valence-electron chi connectivity index (χ2n) is 6.45. The van der Waals surface area contributed by atoms with E-state index in [1.807, 2.05) is 6.07 Å². The molecule has 0 unspecified atom stereocenters. The van der Waals surface area contributed by atoms with E-state index in [2.05, 4.69) is 44.7 Å². The van der Waals surface area contributed by atoms with E-state index < -0.39 is 0 Å². The van der Waals surface area contributed by atoms with E-state index in [1.54, 1.807) is 0 Å². The van der Waals surface area contributed by atoms with Gasteiger partial charge in [0.05, 0.1) is 0 Å². The Bertz CT molecular complexity index is 686. The molecule has 4 rings (SSSR count). The molecule has 1 aliphatic heterocycles. The maximum Gasteiger partial charge on any atom is 0.272 e. The molecule has 1 aliphatic carbocycles. The summed E-state index contributed by atoms with van der Waals surface area (Å²) in [7, 11) is 0. The van der Waals surface area contributed by atoms with Crippen LogP contribution in [-0.2, 0) is 12.8 Å². The molecule has 0 bridgehead atoms. The summed E-state index contributed by atoms with van der Waals surface area (Å²) in [6.07, 6.45) is 5.08. The highest BCUT2D eigenvalue weighted by Gasteiger charge is 2.26. The number of aromatic nitrogens is 2. The number of carbonyl (C=O) groups excluding carboxylic acids is 1. The number of amides is 1. The molecule has 1 aromatic carbocycles. The Morgan fingerprint density at radius 1 is 1.17 bits per heavy atom. The van der Waals surface area contributed by atoms with Gasteiger partial charge in [0.2, 0.25) is 0 Å². The van der Waals surface area contributed by atoms with Gasteiger partial charge in [-0.25, -0.2) is 0 Å². The number of benzene rings is 1. The third kappa shape index (κ3) is 2.83. The number of rotatable bonds is 3. The number of fused-ring (bicyclic) bond motifs is 1. The van der Waals surface area contributed by atoms with Crippen molar-refractivity contribution in [1.29, 1.82) is 0 Å². The fourth-order valence-electron chi connectivity index (χ4n) is 3.68. The molecule has 2 N–H and O–H groups in total. The van der Waals surface area contributed by atoms with Crippen LogP contribution in [0, 0.1) is 0 Å². The van der Waals surface area contributed by atoms with Crippen molar-refractivity contribution < 1.29 is 4.79 Å². The molecular weight excluding hydrogens is 288 g/mol. The van der Waals surface area contributed by atoms with Crippen LogP contribution in [0.2, 0.25) is 0 Å². The summed E-state index contributed by atoms with van der Waals surface area (Å²) in [4.78, 5) is 14.9. The van der Waals surface area contributed by atoms with Crippen molar-refractivity contribution in [3.05, 3.63) is 47.3 Å². The zero-order valence-electron chi connectivity index (χ0n) is 13.2. The Balaban J connectivity index is 1.35. The van der Waals surface area contributed by atoms with Crippen LogP contribution in [0.1, 0.15) is 41.0 Å². The number of anilines is 1. The standard InChI is InChI=1S/C18H22N4O/c23-18(17-15-7-4-8-16(15)20-21-17)19-13-9-11-22(12-10-13)14-5-2-1-3-6-14/h1-3,5-6,13H,4,7-12H2,(H,19,23)(H,20,21). The molecule has 2 aliphatic rings. The van der Waals surface area contributed by atoms with Crippen molar-refractivity contribution in [1.82, 2.24) is 15.5 Å². The Morgan fingerprint density at radius 2 is 1.96 bits per heavy atom. The molecule has 1 amide bonds. The molecule has 0 radical (unpaired) electrons. The van der Waals surface area contributed by atoms with E-state index in [9.17, 15) is 4.79 Å². The van der Waals surface area contributed by atoms with E-state index in [1.165, 1.54) is 5.69 Å². The predicted molar refractivity (Wildman–Crippen MR) is 89.8 cm³/mol. The Labute approximate surface area is 136 Å². The molecule has 1 saturated heterocycles. The van der Waals surface area contributed by atoms with Crippen molar-refractivity contribution >= 4 is 11.6 Å². The monoisotopic (exact) mass is 310 g/mol. The van der Waals surface area contributed by atoms with Gasteiger partial charge in [0.25, 0.3) is 5.91 Å². The van der Waals surface area contributed by atoms with Crippen LogP contribution in [0.15, 0.2) is 30.3 Å². The first-order valence-corrected chi connectivity index (χ1v) is 8.48. The maximum atomic E-state index is 12.5. The van der Waals surface area contributed by atoms with Crippen LogP contribution < -0.4 is 10.2 Å². The van der Waals surface area contributed by atoms with Crippen LogP contribution in [0.5, 0.6) is 0 Å². The molecule has 5 heteroatoms. The quantitative estimate of drug-likeness (QED) is 0.914. The number of nitrogens with zero attached hydrogens (tertiary/aromatic N) is 2. The molecule has 120 valence electrons. The highest BCUT2D eigenvalue weighted by atomic mass is 16.2. The normalized spacial score (nSPS) is 18.0. The van der Waals surface area contributed by atoms with Crippen LogP contribution >= 0.6 is 0 Å². The third-order valence-electron chi connectivity index (χ3n) is 4.97. The highest BCUT2D eigenvalue weighted by molar-refractivity contribution is 5.94. The third-order valence-corrected chi connectivity index (χ3v) is 4.97. The Hall–Kier alpha value is -2.30. The summed E-state index contributed by atoms with van der Waals surface area (Å²) in [5.74, 6) is -0.0115. The number of piperidine rings is 1. The smallest absolute Gasteiger partial charge is 0.272 e. The van der Waals surface area contributed by atoms with E-state index in [0.29, 0.717) is 5.69 Å². The predicted octanol–water partition coefficient (Wildman–Crippen LogP) is 2.30. The molecule has 1 fully saturated rings. The number of carbonyl (C=O) groups is 1. The lowest BCUT2D eigenvalue weighted by Gasteiger charge is -2.33. The molecule has 0 spiro atoms. The first kappa shape index (κ1) is 14.3. The summed E-state index contributed by atoms with van der Waals surface area (Å²) in [5, 5.41) is 10.4. The fraction of sp³-hybridized carbons (Fsp3) is 0.444. The van der Waals surface area contributed by atoms with Gasteiger partial charge < -0.3 is 10.2 Å². The number of para-hydroxylation sites is 1. The molecule has 23 heavy (non-hydrogen) atoms. The summed E-state index contributed by atoms with van der Waals surface area (Å²) in [5.41, 5.74) is 4.16. The van der Waals surface area contributed by atoms with Crippen molar-refractivity contribution in [3.8, 4) is 0 Å². The zero-order chi connectivity index (χ0) is 15.6. The van der Waals surface area contributed by atoms with Crippen molar-refractivity contribution in [2.45, 2.75) is 38.1 Å². The zero-order valence-corrected chi connectivity index (χ0v) is 13.2. The van der Waals surface area contributed by atoms with Crippen LogP contribution in [-0.4, -0.2) is 35.2 Å². The second-order valence-corrected chi connectivity index (χ2v) is 6.45. The lowest BCUT2D eigenvalue weighted by Crippen LogP contribution is -2.45. The summed E-state index contributed by atoms with van der Waals surface area (Å²) < 4.78 is 0. The second kappa shape index (κ2) is 6.07. The van der Waals surface area contributed by atoms with Crippen LogP contribution in [0.4, 0.5) is 5.69 Å². The van der Waals surface area contributed by atoms with Gasteiger partial charge in [-0.2, -0.15) is 5.10 Å². The molecule has 0 atom stereocenters. The number of nitrogens with one attached hydrogen (secondary N) is 2. The largest absolute Gasteiger partial charge is 0.371 e. The molecule has 0 saturated carbocycles. The van der Waals surface area contributed by atoms with E-state index in [0.717, 1.165) is 56.5 Å². The first-order valence-electron chi connectivity index (χ1n) is 8.48. The molecule has 2 aromatic rings. The Kier molecular flexibility index (Phi) is 3.77. The number of hydrogen-bond donors (Lipinski definition) is 2. The fourth-order valence-corrected chi connectivity index (χ4v) is 3.68. The van der Waals surface area contributed by atoms with Gasteiger partial charge in [0.15, 0.2) is 5.69 Å². The minimum Gasteiger partial charge on any atom is -0.371 e. The van der Waals surface area contributed by atoms with Crippen molar-refractivity contribution in [3.63, 3.8) is 0 Å². The number of H-pyrrole nitrogens is 1. The summed E-state index contributed by atoms with van der Waals surface area (Å²) in [6.45, 7) is 1.96. The highest BCUT2D eigenvalue weighted by Crippen LogP contribution is 2.23. The minimum absolute atomic E-state index is 0.0115. The van der Waals surface area contributed by atoms with Gasteiger partial charge in [0.1, 0.15) is 0 Å². The van der Waals surface area contributed by atoms with Gasteiger partial charge in [-0.05, 0) is 44.2 Å². The topological polar surface area (TPSA) is 61.0 Å². The van der Waals surface area contributed by atoms with Crippen molar-refractivity contribution in [2.24, 2.45) is 0 Å². The van der Waals surface area contributed by atoms with Crippen molar-refractivity contribution in [2.75, 3.05) is 18.0 Å². The lowest BCUT2D eigenvalue weighted by molar-refractivity contribution is 0.0925.